The van der Waals surface area contributed by atoms with Crippen LogP contribution in [-0.2, 0) is 4.79 Å². The zero-order valence-corrected chi connectivity index (χ0v) is 12.1. The molecule has 0 aliphatic carbocycles. The number of anilines is 1. The SMILES string of the molecule is Cc1cccc(C)c1NCC(=O)NC(C)c1ccco1. The van der Waals surface area contributed by atoms with Gasteiger partial charge in [-0.1, -0.05) is 18.2 Å². The van der Waals surface area contributed by atoms with Gasteiger partial charge in [0.2, 0.25) is 5.91 Å². The summed E-state index contributed by atoms with van der Waals surface area (Å²) in [5.74, 6) is 0.696. The maximum atomic E-state index is 11.9. The molecule has 2 N–H and O–H groups in total. The van der Waals surface area contributed by atoms with Gasteiger partial charge in [0.25, 0.3) is 0 Å². The van der Waals surface area contributed by atoms with Crippen molar-refractivity contribution in [2.24, 2.45) is 0 Å². The summed E-state index contributed by atoms with van der Waals surface area (Å²) in [4.78, 5) is 11.9. The predicted molar refractivity (Wildman–Crippen MR) is 79.7 cm³/mol. The third-order valence-electron chi connectivity index (χ3n) is 3.25. The highest BCUT2D eigenvalue weighted by Gasteiger charge is 2.12. The van der Waals surface area contributed by atoms with Gasteiger partial charge in [-0.05, 0) is 44.0 Å². The molecule has 1 aromatic heterocycles. The van der Waals surface area contributed by atoms with E-state index in [0.717, 1.165) is 22.6 Å². The molecule has 2 aromatic rings. The predicted octanol–water partition coefficient (Wildman–Crippen LogP) is 3.19. The van der Waals surface area contributed by atoms with Gasteiger partial charge < -0.3 is 15.1 Å². The Hall–Kier alpha value is -2.23. The molecule has 0 aliphatic rings. The van der Waals surface area contributed by atoms with Crippen LogP contribution < -0.4 is 10.6 Å². The molecule has 20 heavy (non-hydrogen) atoms. The minimum Gasteiger partial charge on any atom is -0.467 e. The van der Waals surface area contributed by atoms with Crippen molar-refractivity contribution in [2.45, 2.75) is 26.8 Å². The number of rotatable bonds is 5. The number of benzene rings is 1. The highest BCUT2D eigenvalue weighted by atomic mass is 16.3. The van der Waals surface area contributed by atoms with E-state index in [-0.39, 0.29) is 18.5 Å². The quantitative estimate of drug-likeness (QED) is 0.879. The molecule has 0 aliphatic heterocycles. The highest BCUT2D eigenvalue weighted by molar-refractivity contribution is 5.81. The molecule has 1 heterocycles. The van der Waals surface area contributed by atoms with Crippen molar-refractivity contribution < 1.29 is 9.21 Å². The molecule has 1 amide bonds. The Labute approximate surface area is 119 Å². The molecule has 1 aromatic carbocycles. The average Bonchev–Trinajstić information content (AvgIpc) is 2.92. The van der Waals surface area contributed by atoms with Crippen LogP contribution in [0.4, 0.5) is 5.69 Å². The van der Waals surface area contributed by atoms with Crippen LogP contribution in [0, 0.1) is 13.8 Å². The van der Waals surface area contributed by atoms with Gasteiger partial charge in [-0.3, -0.25) is 4.79 Å². The number of nitrogens with one attached hydrogen (secondary N) is 2. The number of para-hydroxylation sites is 1. The smallest absolute Gasteiger partial charge is 0.239 e. The van der Waals surface area contributed by atoms with Crippen molar-refractivity contribution >= 4 is 11.6 Å². The van der Waals surface area contributed by atoms with Gasteiger partial charge in [0, 0.05) is 5.69 Å². The normalized spacial score (nSPS) is 11.9. The second-order valence-corrected chi connectivity index (χ2v) is 4.92. The van der Waals surface area contributed by atoms with E-state index in [0.29, 0.717) is 0 Å². The lowest BCUT2D eigenvalue weighted by Crippen LogP contribution is -2.32. The van der Waals surface area contributed by atoms with Crippen LogP contribution in [-0.4, -0.2) is 12.5 Å². The number of furan rings is 1. The van der Waals surface area contributed by atoms with Crippen molar-refractivity contribution in [3.05, 3.63) is 53.5 Å². The third kappa shape index (κ3) is 3.41. The Kier molecular flexibility index (Phi) is 4.45. The fraction of sp³-hybridized carbons (Fsp3) is 0.312. The van der Waals surface area contributed by atoms with E-state index >= 15 is 0 Å². The molecule has 0 spiro atoms. The fourth-order valence-corrected chi connectivity index (χ4v) is 2.16. The number of carbonyl (C=O) groups excluding carboxylic acids is 1. The molecular formula is C16H20N2O2. The van der Waals surface area contributed by atoms with Crippen LogP contribution >= 0.6 is 0 Å². The molecule has 2 rings (SSSR count). The van der Waals surface area contributed by atoms with Gasteiger partial charge in [0.05, 0.1) is 18.8 Å². The third-order valence-corrected chi connectivity index (χ3v) is 3.25. The number of hydrogen-bond donors (Lipinski definition) is 2. The topological polar surface area (TPSA) is 54.3 Å². The van der Waals surface area contributed by atoms with Gasteiger partial charge in [0.15, 0.2) is 0 Å². The Morgan fingerprint density at radius 2 is 1.90 bits per heavy atom. The molecule has 1 atom stereocenters. The van der Waals surface area contributed by atoms with E-state index in [9.17, 15) is 4.79 Å². The summed E-state index contributed by atoms with van der Waals surface area (Å²) in [5.41, 5.74) is 3.29. The molecule has 0 saturated heterocycles. The molecule has 0 saturated carbocycles. The number of aryl methyl sites for hydroxylation is 2. The van der Waals surface area contributed by atoms with E-state index in [1.807, 2.05) is 51.1 Å². The molecular weight excluding hydrogens is 252 g/mol. The molecule has 4 heteroatoms. The van der Waals surface area contributed by atoms with Crippen molar-refractivity contribution in [3.63, 3.8) is 0 Å². The molecule has 0 radical (unpaired) electrons. The summed E-state index contributed by atoms with van der Waals surface area (Å²) in [6.45, 7) is 6.20. The first-order valence-electron chi connectivity index (χ1n) is 6.71. The second kappa shape index (κ2) is 6.28. The molecule has 4 nitrogen and oxygen atoms in total. The van der Waals surface area contributed by atoms with E-state index in [4.69, 9.17) is 4.42 Å². The summed E-state index contributed by atoms with van der Waals surface area (Å²) in [7, 11) is 0. The Morgan fingerprint density at radius 1 is 1.20 bits per heavy atom. The van der Waals surface area contributed by atoms with Crippen LogP contribution in [0.2, 0.25) is 0 Å². The van der Waals surface area contributed by atoms with Crippen LogP contribution in [0.1, 0.15) is 29.9 Å². The summed E-state index contributed by atoms with van der Waals surface area (Å²) >= 11 is 0. The minimum absolute atomic E-state index is 0.0587. The maximum absolute atomic E-state index is 11.9. The monoisotopic (exact) mass is 272 g/mol. The largest absolute Gasteiger partial charge is 0.467 e. The summed E-state index contributed by atoms with van der Waals surface area (Å²) in [6, 6.07) is 9.60. The molecule has 0 fully saturated rings. The van der Waals surface area contributed by atoms with E-state index < -0.39 is 0 Å². The molecule has 106 valence electrons. The Morgan fingerprint density at radius 3 is 2.50 bits per heavy atom. The highest BCUT2D eigenvalue weighted by Crippen LogP contribution is 2.19. The van der Waals surface area contributed by atoms with Crippen LogP contribution in [0.5, 0.6) is 0 Å². The fourth-order valence-electron chi connectivity index (χ4n) is 2.16. The lowest BCUT2D eigenvalue weighted by Gasteiger charge is -2.15. The van der Waals surface area contributed by atoms with Gasteiger partial charge in [-0.25, -0.2) is 0 Å². The standard InChI is InChI=1S/C16H20N2O2/c1-11-6-4-7-12(2)16(11)17-10-15(19)18-13(3)14-8-5-9-20-14/h4-9,13,17H,10H2,1-3H3,(H,18,19). The maximum Gasteiger partial charge on any atom is 0.239 e. The van der Waals surface area contributed by atoms with Crippen molar-refractivity contribution in [1.29, 1.82) is 0 Å². The Balaban J connectivity index is 1.89. The Bertz CT molecular complexity index is 556. The lowest BCUT2D eigenvalue weighted by molar-refractivity contribution is -0.120. The van der Waals surface area contributed by atoms with E-state index in [1.165, 1.54) is 0 Å². The van der Waals surface area contributed by atoms with Gasteiger partial charge in [-0.2, -0.15) is 0 Å². The van der Waals surface area contributed by atoms with Crippen molar-refractivity contribution in [1.82, 2.24) is 5.32 Å². The summed E-state index contributed by atoms with van der Waals surface area (Å²) in [5, 5.41) is 6.09. The number of carbonyl (C=O) groups is 1. The van der Waals surface area contributed by atoms with Gasteiger partial charge in [-0.15, -0.1) is 0 Å². The number of hydrogen-bond acceptors (Lipinski definition) is 3. The molecule has 0 bridgehead atoms. The summed E-state index contributed by atoms with van der Waals surface area (Å²) in [6.07, 6.45) is 1.60. The van der Waals surface area contributed by atoms with E-state index in [1.54, 1.807) is 6.26 Å². The van der Waals surface area contributed by atoms with Crippen molar-refractivity contribution in [2.75, 3.05) is 11.9 Å². The van der Waals surface area contributed by atoms with Crippen molar-refractivity contribution in [3.8, 4) is 0 Å². The summed E-state index contributed by atoms with van der Waals surface area (Å²) < 4.78 is 5.26. The molecule has 1 unspecified atom stereocenters. The average molecular weight is 272 g/mol. The lowest BCUT2D eigenvalue weighted by atomic mass is 10.1. The van der Waals surface area contributed by atoms with E-state index in [2.05, 4.69) is 10.6 Å². The zero-order chi connectivity index (χ0) is 14.5. The van der Waals surface area contributed by atoms with Crippen LogP contribution in [0.25, 0.3) is 0 Å². The first-order chi connectivity index (χ1) is 9.58. The van der Waals surface area contributed by atoms with Gasteiger partial charge >= 0.3 is 0 Å². The second-order valence-electron chi connectivity index (χ2n) is 4.92. The first-order valence-corrected chi connectivity index (χ1v) is 6.71. The zero-order valence-electron chi connectivity index (χ0n) is 12.1. The van der Waals surface area contributed by atoms with Crippen LogP contribution in [0.3, 0.4) is 0 Å². The minimum atomic E-state index is -0.128. The number of amides is 1. The van der Waals surface area contributed by atoms with Crippen LogP contribution in [0.15, 0.2) is 41.0 Å². The van der Waals surface area contributed by atoms with Gasteiger partial charge in [0.1, 0.15) is 5.76 Å². The first kappa shape index (κ1) is 14.2.